The van der Waals surface area contributed by atoms with Gasteiger partial charge in [0.15, 0.2) is 0 Å². The fourth-order valence-electron chi connectivity index (χ4n) is 11.0. The predicted octanol–water partition coefficient (Wildman–Crippen LogP) is 22.1. The molecular weight excluding hydrogens is 935 g/mol. The number of esters is 1. The second kappa shape index (κ2) is 65.9. The van der Waals surface area contributed by atoms with Crippen molar-refractivity contribution in [3.63, 3.8) is 0 Å². The van der Waals surface area contributed by atoms with Crippen molar-refractivity contribution in [3.05, 3.63) is 24.3 Å². The van der Waals surface area contributed by atoms with E-state index in [1.165, 1.54) is 302 Å². The minimum atomic E-state index is -0.658. The molecule has 0 saturated carbocycles. The summed E-state index contributed by atoms with van der Waals surface area (Å²) in [6.45, 7) is 4.92. The van der Waals surface area contributed by atoms with Crippen LogP contribution < -0.4 is 5.32 Å². The van der Waals surface area contributed by atoms with Gasteiger partial charge in [-0.15, -0.1) is 0 Å². The zero-order valence-corrected chi connectivity index (χ0v) is 51.5. The maximum absolute atomic E-state index is 12.4. The summed E-state index contributed by atoms with van der Waals surface area (Å²) >= 11 is 0. The number of carbonyl (C=O) groups excluding carboxylic acids is 2. The molecule has 0 radical (unpaired) electrons. The van der Waals surface area contributed by atoms with E-state index < -0.39 is 12.1 Å². The fraction of sp³-hybridized carbons (Fsp3) is 0.914. The standard InChI is InChI=1S/C70H135NO5/c1-3-5-7-9-11-13-15-16-41-44-48-52-56-60-64-70(75)76-65-61-57-53-49-45-42-39-37-35-33-31-29-27-25-23-21-19-17-18-20-22-24-26-28-30-32-34-36-38-40-43-47-51-55-59-63-69(74)71-67(66-72)68(73)62-58-54-50-46-14-12-10-8-6-4-2/h9,11,15-16,67-68,72-73H,3-8,10,12-14,17-66H2,1-2H3,(H,71,74)/b11-9-,16-15-. The van der Waals surface area contributed by atoms with Crippen LogP contribution in [0.3, 0.4) is 0 Å². The van der Waals surface area contributed by atoms with E-state index in [0.717, 1.165) is 51.4 Å². The summed E-state index contributed by atoms with van der Waals surface area (Å²) in [5.41, 5.74) is 0. The Balaban J connectivity index is 3.28. The summed E-state index contributed by atoms with van der Waals surface area (Å²) in [5.74, 6) is -0.0213. The largest absolute Gasteiger partial charge is 0.466 e. The van der Waals surface area contributed by atoms with Crippen molar-refractivity contribution in [2.24, 2.45) is 0 Å². The van der Waals surface area contributed by atoms with Crippen molar-refractivity contribution in [1.29, 1.82) is 0 Å². The molecule has 0 aliphatic rings. The highest BCUT2D eigenvalue weighted by Gasteiger charge is 2.20. The van der Waals surface area contributed by atoms with Gasteiger partial charge in [-0.2, -0.15) is 0 Å². The number of nitrogens with one attached hydrogen (secondary N) is 1. The molecule has 0 aliphatic carbocycles. The van der Waals surface area contributed by atoms with Gasteiger partial charge in [-0.05, 0) is 51.4 Å². The molecule has 2 unspecified atom stereocenters. The molecule has 0 aromatic heterocycles. The molecule has 76 heavy (non-hydrogen) atoms. The normalized spacial score (nSPS) is 12.6. The molecule has 6 heteroatoms. The van der Waals surface area contributed by atoms with Crippen LogP contribution in [-0.2, 0) is 14.3 Å². The van der Waals surface area contributed by atoms with E-state index in [-0.39, 0.29) is 18.5 Å². The first-order chi connectivity index (χ1) is 37.5. The Labute approximate surface area is 475 Å². The van der Waals surface area contributed by atoms with Crippen LogP contribution in [0.15, 0.2) is 24.3 Å². The number of unbranched alkanes of at least 4 members (excludes halogenated alkanes) is 50. The van der Waals surface area contributed by atoms with E-state index in [9.17, 15) is 19.8 Å². The number of amides is 1. The quantitative estimate of drug-likeness (QED) is 0.0320. The summed E-state index contributed by atoms with van der Waals surface area (Å²) in [5, 5.41) is 23.2. The molecule has 2 atom stereocenters. The monoisotopic (exact) mass is 1070 g/mol. The van der Waals surface area contributed by atoms with Crippen LogP contribution in [0.5, 0.6) is 0 Å². The van der Waals surface area contributed by atoms with E-state index in [4.69, 9.17) is 4.74 Å². The number of allylic oxidation sites excluding steroid dienone is 4. The van der Waals surface area contributed by atoms with Gasteiger partial charge in [0.25, 0.3) is 0 Å². The molecule has 0 aromatic rings. The number of carbonyl (C=O) groups is 2. The van der Waals surface area contributed by atoms with Crippen molar-refractivity contribution in [1.82, 2.24) is 5.32 Å². The van der Waals surface area contributed by atoms with Crippen LogP contribution in [0, 0.1) is 0 Å². The first-order valence-corrected chi connectivity index (χ1v) is 34.6. The molecule has 0 bridgehead atoms. The summed E-state index contributed by atoms with van der Waals surface area (Å²) in [4.78, 5) is 24.5. The molecule has 0 spiro atoms. The molecule has 6 nitrogen and oxygen atoms in total. The number of aliphatic hydroxyl groups excluding tert-OH is 2. The molecule has 0 fully saturated rings. The van der Waals surface area contributed by atoms with Gasteiger partial charge >= 0.3 is 5.97 Å². The van der Waals surface area contributed by atoms with Crippen molar-refractivity contribution >= 4 is 11.9 Å². The Morgan fingerprint density at radius 2 is 0.671 bits per heavy atom. The van der Waals surface area contributed by atoms with Crippen LogP contribution >= 0.6 is 0 Å². The van der Waals surface area contributed by atoms with E-state index in [0.29, 0.717) is 25.9 Å². The molecule has 0 heterocycles. The van der Waals surface area contributed by atoms with Crippen LogP contribution in [0.2, 0.25) is 0 Å². The molecular formula is C70H135NO5. The van der Waals surface area contributed by atoms with Gasteiger partial charge in [-0.1, -0.05) is 346 Å². The van der Waals surface area contributed by atoms with Gasteiger partial charge < -0.3 is 20.3 Å². The molecule has 0 rings (SSSR count). The number of aliphatic hydroxyl groups is 2. The zero-order valence-electron chi connectivity index (χ0n) is 51.5. The minimum absolute atomic E-state index is 0.00821. The average Bonchev–Trinajstić information content (AvgIpc) is 3.42. The Bertz CT molecular complexity index is 1190. The van der Waals surface area contributed by atoms with E-state index >= 15 is 0 Å². The second-order valence-electron chi connectivity index (χ2n) is 23.9. The predicted molar refractivity (Wildman–Crippen MR) is 333 cm³/mol. The van der Waals surface area contributed by atoms with Crippen LogP contribution in [0.25, 0.3) is 0 Å². The zero-order chi connectivity index (χ0) is 55.0. The minimum Gasteiger partial charge on any atom is -0.466 e. The van der Waals surface area contributed by atoms with E-state index in [1.807, 2.05) is 0 Å². The van der Waals surface area contributed by atoms with Gasteiger partial charge in [-0.25, -0.2) is 0 Å². The number of ether oxygens (including phenoxy) is 1. The third-order valence-electron chi connectivity index (χ3n) is 16.3. The first kappa shape index (κ1) is 74.3. The first-order valence-electron chi connectivity index (χ1n) is 34.6. The van der Waals surface area contributed by atoms with Gasteiger partial charge in [0.2, 0.25) is 5.91 Å². The summed E-state index contributed by atoms with van der Waals surface area (Å²) < 4.78 is 5.48. The molecule has 0 aliphatic heterocycles. The Morgan fingerprint density at radius 1 is 0.368 bits per heavy atom. The molecule has 0 aromatic carbocycles. The van der Waals surface area contributed by atoms with Crippen molar-refractivity contribution in [2.75, 3.05) is 13.2 Å². The average molecular weight is 1070 g/mol. The lowest BCUT2D eigenvalue weighted by atomic mass is 10.0. The lowest BCUT2D eigenvalue weighted by molar-refractivity contribution is -0.143. The molecule has 0 saturated heterocycles. The maximum Gasteiger partial charge on any atom is 0.305 e. The molecule has 1 amide bonds. The molecule has 450 valence electrons. The SMILES string of the molecule is CCCC/C=C\C/C=C\CCCCCCCC(=O)OCCCCCCCCCCCCCCCCCCCCCCCCCCCCCCCCCCCCCC(=O)NC(CO)C(O)CCCCCCCCCCCC. The topological polar surface area (TPSA) is 95.9 Å². The Morgan fingerprint density at radius 3 is 1.04 bits per heavy atom. The van der Waals surface area contributed by atoms with E-state index in [2.05, 4.69) is 43.5 Å². The Kier molecular flexibility index (Phi) is 64.4. The lowest BCUT2D eigenvalue weighted by Gasteiger charge is -2.22. The van der Waals surface area contributed by atoms with E-state index in [1.54, 1.807) is 0 Å². The van der Waals surface area contributed by atoms with Crippen LogP contribution in [0.4, 0.5) is 0 Å². The van der Waals surface area contributed by atoms with Gasteiger partial charge in [0.05, 0.1) is 25.4 Å². The summed E-state index contributed by atoms with van der Waals surface area (Å²) in [6, 6.07) is -0.535. The maximum atomic E-state index is 12.4. The third-order valence-corrected chi connectivity index (χ3v) is 16.3. The second-order valence-corrected chi connectivity index (χ2v) is 23.9. The molecule has 3 N–H and O–H groups in total. The van der Waals surface area contributed by atoms with Gasteiger partial charge in [-0.3, -0.25) is 9.59 Å². The highest BCUT2D eigenvalue weighted by Crippen LogP contribution is 2.19. The third kappa shape index (κ3) is 61.6. The number of rotatable bonds is 65. The van der Waals surface area contributed by atoms with Crippen molar-refractivity contribution in [2.45, 2.75) is 398 Å². The summed E-state index contributed by atoms with van der Waals surface area (Å²) in [6.07, 6.45) is 82.5. The highest BCUT2D eigenvalue weighted by atomic mass is 16.5. The van der Waals surface area contributed by atoms with Crippen molar-refractivity contribution < 1.29 is 24.5 Å². The Hall–Kier alpha value is -1.66. The van der Waals surface area contributed by atoms with Gasteiger partial charge in [0, 0.05) is 12.8 Å². The number of hydrogen-bond acceptors (Lipinski definition) is 5. The van der Waals surface area contributed by atoms with Crippen LogP contribution in [0.1, 0.15) is 386 Å². The fourth-order valence-corrected chi connectivity index (χ4v) is 11.0. The lowest BCUT2D eigenvalue weighted by Crippen LogP contribution is -2.45. The van der Waals surface area contributed by atoms with Crippen molar-refractivity contribution in [3.8, 4) is 0 Å². The highest BCUT2D eigenvalue weighted by molar-refractivity contribution is 5.76. The van der Waals surface area contributed by atoms with Crippen LogP contribution in [-0.4, -0.2) is 47.4 Å². The summed E-state index contributed by atoms with van der Waals surface area (Å²) in [7, 11) is 0. The smallest absolute Gasteiger partial charge is 0.305 e. The number of hydrogen-bond donors (Lipinski definition) is 3. The van der Waals surface area contributed by atoms with Gasteiger partial charge in [0.1, 0.15) is 0 Å².